The zero-order valence-electron chi connectivity index (χ0n) is 11.6. The quantitative estimate of drug-likeness (QED) is 0.721. The van der Waals surface area contributed by atoms with Gasteiger partial charge in [0.2, 0.25) is 5.91 Å². The van der Waals surface area contributed by atoms with Gasteiger partial charge in [-0.15, -0.1) is 0 Å². The lowest BCUT2D eigenvalue weighted by atomic mass is 10.1. The van der Waals surface area contributed by atoms with Crippen molar-refractivity contribution >= 4 is 49.5 Å². The first-order valence-corrected chi connectivity index (χ1v) is 8.40. The summed E-state index contributed by atoms with van der Waals surface area (Å²) < 4.78 is 7.22. The SMILES string of the molecule is O=C(/C=C/c1ccc2c(c1)CCO2)Nc1cc(Br)ccc1Br. The molecule has 112 valence electrons. The zero-order chi connectivity index (χ0) is 15.5. The van der Waals surface area contributed by atoms with Gasteiger partial charge in [0.05, 0.1) is 12.3 Å². The molecule has 2 aromatic rings. The molecule has 0 fully saturated rings. The number of anilines is 1. The second-order valence-electron chi connectivity index (χ2n) is 4.91. The van der Waals surface area contributed by atoms with Gasteiger partial charge in [-0.1, -0.05) is 22.0 Å². The Bertz CT molecular complexity index is 756. The molecule has 0 atom stereocenters. The second-order valence-corrected chi connectivity index (χ2v) is 6.68. The third kappa shape index (κ3) is 3.59. The fourth-order valence-electron chi connectivity index (χ4n) is 2.25. The summed E-state index contributed by atoms with van der Waals surface area (Å²) in [6.45, 7) is 0.736. The molecule has 1 aliphatic rings. The summed E-state index contributed by atoms with van der Waals surface area (Å²) in [5.74, 6) is 0.773. The molecule has 0 radical (unpaired) electrons. The minimum atomic E-state index is -0.171. The number of hydrogen-bond donors (Lipinski definition) is 1. The fraction of sp³-hybridized carbons (Fsp3) is 0.118. The Morgan fingerprint density at radius 3 is 2.91 bits per heavy atom. The number of rotatable bonds is 3. The van der Waals surface area contributed by atoms with Gasteiger partial charge in [0.25, 0.3) is 0 Å². The van der Waals surface area contributed by atoms with E-state index < -0.39 is 0 Å². The highest BCUT2D eigenvalue weighted by Crippen LogP contribution is 2.27. The predicted octanol–water partition coefficient (Wildman–Crippen LogP) is 4.80. The lowest BCUT2D eigenvalue weighted by Gasteiger charge is -2.05. The maximum atomic E-state index is 12.0. The molecule has 5 heteroatoms. The van der Waals surface area contributed by atoms with E-state index in [1.165, 1.54) is 11.6 Å². The minimum absolute atomic E-state index is 0.171. The highest BCUT2D eigenvalue weighted by Gasteiger charge is 2.11. The van der Waals surface area contributed by atoms with Gasteiger partial charge in [-0.2, -0.15) is 0 Å². The first-order valence-electron chi connectivity index (χ1n) is 6.82. The van der Waals surface area contributed by atoms with Crippen LogP contribution in [0.15, 0.2) is 51.4 Å². The molecular formula is C17H13Br2NO2. The van der Waals surface area contributed by atoms with E-state index >= 15 is 0 Å². The Morgan fingerprint density at radius 2 is 2.05 bits per heavy atom. The summed E-state index contributed by atoms with van der Waals surface area (Å²) in [4.78, 5) is 12.0. The van der Waals surface area contributed by atoms with Crippen molar-refractivity contribution in [3.05, 3.63) is 62.5 Å². The first-order chi connectivity index (χ1) is 10.6. The van der Waals surface area contributed by atoms with Gasteiger partial charge in [-0.05, 0) is 63.5 Å². The molecule has 2 aromatic carbocycles. The van der Waals surface area contributed by atoms with Gasteiger partial charge in [-0.25, -0.2) is 0 Å². The summed E-state index contributed by atoms with van der Waals surface area (Å²) in [6.07, 6.45) is 4.26. The Hall–Kier alpha value is -1.59. The standard InChI is InChI=1S/C17H13Br2NO2/c18-13-3-4-14(19)15(10-13)20-17(21)6-2-11-1-5-16-12(9-11)7-8-22-16/h1-6,9-10H,7-8H2,(H,20,21)/b6-2+. The van der Waals surface area contributed by atoms with Crippen LogP contribution in [0.2, 0.25) is 0 Å². The number of benzene rings is 2. The summed E-state index contributed by atoms with van der Waals surface area (Å²) in [7, 11) is 0. The molecule has 1 heterocycles. The molecular weight excluding hydrogens is 410 g/mol. The normalized spacial score (nSPS) is 13.0. The van der Waals surface area contributed by atoms with Crippen LogP contribution >= 0.6 is 31.9 Å². The lowest BCUT2D eigenvalue weighted by molar-refractivity contribution is -0.111. The average Bonchev–Trinajstić information content (AvgIpc) is 2.96. The minimum Gasteiger partial charge on any atom is -0.493 e. The molecule has 0 aromatic heterocycles. The van der Waals surface area contributed by atoms with Crippen molar-refractivity contribution in [3.63, 3.8) is 0 Å². The van der Waals surface area contributed by atoms with Crippen LogP contribution in [0.1, 0.15) is 11.1 Å². The highest BCUT2D eigenvalue weighted by atomic mass is 79.9. The molecule has 0 bridgehead atoms. The number of nitrogens with one attached hydrogen (secondary N) is 1. The molecule has 0 aliphatic carbocycles. The number of ether oxygens (including phenoxy) is 1. The van der Waals surface area contributed by atoms with E-state index in [0.29, 0.717) is 0 Å². The van der Waals surface area contributed by atoms with Crippen LogP contribution in [0, 0.1) is 0 Å². The number of fused-ring (bicyclic) bond motifs is 1. The molecule has 1 amide bonds. The molecule has 22 heavy (non-hydrogen) atoms. The maximum Gasteiger partial charge on any atom is 0.248 e. The van der Waals surface area contributed by atoms with E-state index in [1.54, 1.807) is 6.08 Å². The van der Waals surface area contributed by atoms with E-state index in [9.17, 15) is 4.79 Å². The van der Waals surface area contributed by atoms with E-state index in [1.807, 2.05) is 30.3 Å². The van der Waals surface area contributed by atoms with E-state index in [0.717, 1.165) is 39.0 Å². The van der Waals surface area contributed by atoms with Crippen LogP contribution in [0.3, 0.4) is 0 Å². The molecule has 1 N–H and O–H groups in total. The average molecular weight is 423 g/mol. The van der Waals surface area contributed by atoms with Crippen LogP contribution < -0.4 is 10.1 Å². The number of carbonyl (C=O) groups excluding carboxylic acids is 1. The van der Waals surface area contributed by atoms with Gasteiger partial charge < -0.3 is 10.1 Å². The molecule has 1 aliphatic heterocycles. The number of carbonyl (C=O) groups is 1. The second kappa shape index (κ2) is 6.67. The monoisotopic (exact) mass is 421 g/mol. The first kappa shape index (κ1) is 15.3. The molecule has 0 unspecified atom stereocenters. The van der Waals surface area contributed by atoms with Gasteiger partial charge in [0.15, 0.2) is 0 Å². The van der Waals surface area contributed by atoms with E-state index in [2.05, 4.69) is 43.2 Å². The van der Waals surface area contributed by atoms with E-state index in [4.69, 9.17) is 4.74 Å². The van der Waals surface area contributed by atoms with Crippen molar-refractivity contribution in [3.8, 4) is 5.75 Å². The van der Waals surface area contributed by atoms with Crippen LogP contribution in [-0.2, 0) is 11.2 Å². The zero-order valence-corrected chi connectivity index (χ0v) is 14.8. The van der Waals surface area contributed by atoms with Gasteiger partial charge in [0.1, 0.15) is 5.75 Å². The van der Waals surface area contributed by atoms with Crippen molar-refractivity contribution < 1.29 is 9.53 Å². The van der Waals surface area contributed by atoms with Gasteiger partial charge >= 0.3 is 0 Å². The van der Waals surface area contributed by atoms with Crippen LogP contribution in [-0.4, -0.2) is 12.5 Å². The summed E-state index contributed by atoms with van der Waals surface area (Å²) in [6, 6.07) is 11.6. The number of amides is 1. The van der Waals surface area contributed by atoms with Crippen LogP contribution in [0.4, 0.5) is 5.69 Å². The summed E-state index contributed by atoms with van der Waals surface area (Å²) in [5.41, 5.74) is 2.91. The molecule has 3 rings (SSSR count). The smallest absolute Gasteiger partial charge is 0.248 e. The van der Waals surface area contributed by atoms with Gasteiger partial charge in [-0.3, -0.25) is 4.79 Å². The van der Waals surface area contributed by atoms with Crippen molar-refractivity contribution in [1.82, 2.24) is 0 Å². The lowest BCUT2D eigenvalue weighted by Crippen LogP contribution is -2.08. The van der Waals surface area contributed by atoms with Gasteiger partial charge in [0, 0.05) is 21.4 Å². The van der Waals surface area contributed by atoms with E-state index in [-0.39, 0.29) is 5.91 Å². The Balaban J connectivity index is 1.70. The van der Waals surface area contributed by atoms with Crippen molar-refractivity contribution in [2.75, 3.05) is 11.9 Å². The summed E-state index contributed by atoms with van der Waals surface area (Å²) in [5, 5.41) is 2.85. The van der Waals surface area contributed by atoms with Crippen molar-refractivity contribution in [2.45, 2.75) is 6.42 Å². The summed E-state index contributed by atoms with van der Waals surface area (Å²) >= 11 is 6.80. The fourth-order valence-corrected chi connectivity index (χ4v) is 2.96. The Kier molecular flexibility index (Phi) is 4.64. The molecule has 0 saturated heterocycles. The maximum absolute atomic E-state index is 12.0. The van der Waals surface area contributed by atoms with Crippen LogP contribution in [0.25, 0.3) is 6.08 Å². The predicted molar refractivity (Wildman–Crippen MR) is 95.1 cm³/mol. The van der Waals surface area contributed by atoms with Crippen molar-refractivity contribution in [1.29, 1.82) is 0 Å². The molecule has 0 spiro atoms. The largest absolute Gasteiger partial charge is 0.493 e. The third-order valence-corrected chi connectivity index (χ3v) is 4.51. The van der Waals surface area contributed by atoms with Crippen LogP contribution in [0.5, 0.6) is 5.75 Å². The van der Waals surface area contributed by atoms with Crippen molar-refractivity contribution in [2.24, 2.45) is 0 Å². The molecule has 3 nitrogen and oxygen atoms in total. The highest BCUT2D eigenvalue weighted by molar-refractivity contribution is 9.11. The molecule has 0 saturated carbocycles. The Labute approximate surface area is 145 Å². The number of hydrogen-bond acceptors (Lipinski definition) is 2. The topological polar surface area (TPSA) is 38.3 Å². The third-order valence-electron chi connectivity index (χ3n) is 3.33. The Morgan fingerprint density at radius 1 is 1.18 bits per heavy atom. The number of halogens is 2.